The topological polar surface area (TPSA) is 43.8 Å². The van der Waals surface area contributed by atoms with Crippen molar-refractivity contribution in [3.63, 3.8) is 0 Å². The van der Waals surface area contributed by atoms with E-state index in [4.69, 9.17) is 4.74 Å². The van der Waals surface area contributed by atoms with Gasteiger partial charge in [-0.3, -0.25) is 0 Å². The van der Waals surface area contributed by atoms with Gasteiger partial charge in [0.1, 0.15) is 12.4 Å². The summed E-state index contributed by atoms with van der Waals surface area (Å²) in [6.07, 6.45) is 5.95. The molecule has 102 valence electrons. The van der Waals surface area contributed by atoms with E-state index >= 15 is 0 Å². The van der Waals surface area contributed by atoms with Crippen LogP contribution in [-0.4, -0.2) is 20.9 Å². The van der Waals surface area contributed by atoms with E-state index in [2.05, 4.69) is 10.2 Å². The second kappa shape index (κ2) is 4.92. The predicted octanol–water partition coefficient (Wildman–Crippen LogP) is 2.03. The van der Waals surface area contributed by atoms with Crippen LogP contribution in [0.2, 0.25) is 0 Å². The van der Waals surface area contributed by atoms with Crippen LogP contribution in [-0.2, 0) is 7.05 Å². The van der Waals surface area contributed by atoms with Crippen molar-refractivity contribution in [2.75, 3.05) is 0 Å². The number of rotatable bonds is 3. The molecule has 0 atom stereocenters. The summed E-state index contributed by atoms with van der Waals surface area (Å²) in [6.45, 7) is 3.96. The summed E-state index contributed by atoms with van der Waals surface area (Å²) in [5, 5.41) is 10.5. The quantitative estimate of drug-likeness (QED) is 0.683. The Kier molecular flexibility index (Phi) is 3.10. The highest BCUT2D eigenvalue weighted by Gasteiger charge is 2.15. The lowest BCUT2D eigenvalue weighted by Crippen LogP contribution is -2.23. The minimum absolute atomic E-state index is 0.0722. The Morgan fingerprint density at radius 3 is 2.55 bits per heavy atom. The van der Waals surface area contributed by atoms with Crippen LogP contribution < -0.4 is 9.30 Å². The predicted molar refractivity (Wildman–Crippen MR) is 75.8 cm³/mol. The molecule has 0 aliphatic carbocycles. The maximum Gasteiger partial charge on any atom is 0.253 e. The second-order valence-corrected chi connectivity index (χ2v) is 5.03. The summed E-state index contributed by atoms with van der Waals surface area (Å²) in [4.78, 5) is 0. The van der Waals surface area contributed by atoms with Gasteiger partial charge in [0.15, 0.2) is 0 Å². The van der Waals surface area contributed by atoms with Gasteiger partial charge in [0.25, 0.3) is 5.82 Å². The number of aromatic nitrogens is 4. The van der Waals surface area contributed by atoms with E-state index < -0.39 is 0 Å². The third-order valence-corrected chi connectivity index (χ3v) is 2.99. The van der Waals surface area contributed by atoms with Gasteiger partial charge in [-0.1, -0.05) is 12.1 Å². The zero-order valence-corrected chi connectivity index (χ0v) is 11.8. The molecule has 0 aliphatic heterocycles. The van der Waals surface area contributed by atoms with Crippen LogP contribution in [0.1, 0.15) is 13.8 Å². The minimum atomic E-state index is 0.0722. The Balaban J connectivity index is 2.21. The number of fused-ring (bicyclic) bond motifs is 1. The summed E-state index contributed by atoms with van der Waals surface area (Å²) in [6, 6.07) is 8.02. The summed E-state index contributed by atoms with van der Waals surface area (Å²) in [5.41, 5.74) is 0. The molecule has 2 aromatic heterocycles. The van der Waals surface area contributed by atoms with Gasteiger partial charge < -0.3 is 4.74 Å². The fourth-order valence-electron chi connectivity index (χ4n) is 2.14. The molecule has 0 fully saturated rings. The fraction of sp³-hybridized carbons (Fsp3) is 0.267. The molecular formula is C15H17N4O+. The summed E-state index contributed by atoms with van der Waals surface area (Å²) >= 11 is 0. The molecule has 0 bridgehead atoms. The van der Waals surface area contributed by atoms with E-state index in [1.165, 1.54) is 0 Å². The van der Waals surface area contributed by atoms with E-state index in [1.807, 2.05) is 73.0 Å². The van der Waals surface area contributed by atoms with E-state index in [1.54, 1.807) is 0 Å². The van der Waals surface area contributed by atoms with Crippen molar-refractivity contribution in [2.24, 2.45) is 7.05 Å². The van der Waals surface area contributed by atoms with Crippen molar-refractivity contribution in [1.29, 1.82) is 0 Å². The number of benzene rings is 1. The first kappa shape index (κ1) is 12.6. The molecular weight excluding hydrogens is 252 g/mol. The first-order valence-electron chi connectivity index (χ1n) is 6.61. The summed E-state index contributed by atoms with van der Waals surface area (Å²) < 4.78 is 9.66. The van der Waals surface area contributed by atoms with Crippen LogP contribution in [0.5, 0.6) is 5.88 Å². The molecule has 1 aromatic carbocycles. The molecule has 0 unspecified atom stereocenters. The van der Waals surface area contributed by atoms with Gasteiger partial charge in [0.05, 0.1) is 23.9 Å². The smallest absolute Gasteiger partial charge is 0.253 e. The molecule has 3 rings (SSSR count). The van der Waals surface area contributed by atoms with Crippen LogP contribution in [0, 0.1) is 0 Å². The lowest BCUT2D eigenvalue weighted by molar-refractivity contribution is -0.670. The first-order chi connectivity index (χ1) is 9.65. The Morgan fingerprint density at radius 1 is 1.15 bits per heavy atom. The molecule has 20 heavy (non-hydrogen) atoms. The molecule has 0 N–H and O–H groups in total. The highest BCUT2D eigenvalue weighted by molar-refractivity contribution is 5.91. The average molecular weight is 269 g/mol. The first-order valence-corrected chi connectivity index (χ1v) is 6.61. The molecule has 0 saturated heterocycles. The third kappa shape index (κ3) is 2.22. The van der Waals surface area contributed by atoms with Crippen LogP contribution in [0.15, 0.2) is 43.0 Å². The maximum atomic E-state index is 5.74. The van der Waals surface area contributed by atoms with Gasteiger partial charge in [0.2, 0.25) is 12.2 Å². The van der Waals surface area contributed by atoms with Crippen molar-refractivity contribution in [2.45, 2.75) is 20.0 Å². The highest BCUT2D eigenvalue weighted by atomic mass is 16.5. The van der Waals surface area contributed by atoms with Crippen molar-refractivity contribution < 1.29 is 9.30 Å². The molecule has 5 heteroatoms. The third-order valence-electron chi connectivity index (χ3n) is 2.99. The SMILES string of the molecule is CC(C)Oc1nnc(-n2cc[n+](C)c2)c2ccccc12. The van der Waals surface area contributed by atoms with Gasteiger partial charge in [-0.05, 0) is 26.0 Å². The monoisotopic (exact) mass is 269 g/mol. The average Bonchev–Trinajstić information content (AvgIpc) is 2.85. The number of ether oxygens (including phenoxy) is 1. The maximum absolute atomic E-state index is 5.74. The van der Waals surface area contributed by atoms with Crippen LogP contribution in [0.25, 0.3) is 16.6 Å². The zero-order chi connectivity index (χ0) is 14.1. The van der Waals surface area contributed by atoms with Crippen molar-refractivity contribution in [3.05, 3.63) is 43.0 Å². The zero-order valence-electron chi connectivity index (χ0n) is 11.8. The molecule has 2 heterocycles. The molecule has 3 aromatic rings. The van der Waals surface area contributed by atoms with Crippen molar-refractivity contribution >= 4 is 10.8 Å². The number of nitrogens with zero attached hydrogens (tertiary/aromatic N) is 4. The highest BCUT2D eigenvalue weighted by Crippen LogP contribution is 2.26. The Hall–Kier alpha value is -2.43. The van der Waals surface area contributed by atoms with Gasteiger partial charge in [-0.2, -0.15) is 4.57 Å². The second-order valence-electron chi connectivity index (χ2n) is 5.03. The van der Waals surface area contributed by atoms with Crippen molar-refractivity contribution in [3.8, 4) is 11.7 Å². The van der Waals surface area contributed by atoms with Gasteiger partial charge in [0, 0.05) is 0 Å². The van der Waals surface area contributed by atoms with E-state index in [0.717, 1.165) is 16.6 Å². The number of hydrogen-bond donors (Lipinski definition) is 0. The Morgan fingerprint density at radius 2 is 1.90 bits per heavy atom. The van der Waals surface area contributed by atoms with E-state index in [-0.39, 0.29) is 6.10 Å². The molecule has 0 amide bonds. The van der Waals surface area contributed by atoms with Gasteiger partial charge in [-0.25, -0.2) is 4.57 Å². The standard InChI is InChI=1S/C15H17N4O/c1-11(2)20-15-13-7-5-4-6-12(13)14(16-17-15)19-9-8-18(3)10-19/h4-11H,1-3H3/q+1. The number of hydrogen-bond acceptors (Lipinski definition) is 3. The van der Waals surface area contributed by atoms with Gasteiger partial charge >= 0.3 is 0 Å². The molecule has 5 nitrogen and oxygen atoms in total. The lowest BCUT2D eigenvalue weighted by atomic mass is 10.2. The molecule has 0 spiro atoms. The van der Waals surface area contributed by atoms with E-state index in [9.17, 15) is 0 Å². The fourth-order valence-corrected chi connectivity index (χ4v) is 2.14. The van der Waals surface area contributed by atoms with Crippen LogP contribution >= 0.6 is 0 Å². The van der Waals surface area contributed by atoms with Crippen LogP contribution in [0.3, 0.4) is 0 Å². The number of aryl methyl sites for hydroxylation is 1. The molecule has 0 radical (unpaired) electrons. The Labute approximate surface area is 117 Å². The van der Waals surface area contributed by atoms with Crippen molar-refractivity contribution in [1.82, 2.24) is 14.8 Å². The minimum Gasteiger partial charge on any atom is -0.473 e. The molecule has 0 aliphatic rings. The lowest BCUT2D eigenvalue weighted by Gasteiger charge is -2.11. The summed E-state index contributed by atoms with van der Waals surface area (Å²) in [7, 11) is 1.97. The largest absolute Gasteiger partial charge is 0.473 e. The van der Waals surface area contributed by atoms with Gasteiger partial charge in [-0.15, -0.1) is 10.2 Å². The Bertz CT molecular complexity index is 748. The normalized spacial score (nSPS) is 11.2. The summed E-state index contributed by atoms with van der Waals surface area (Å²) in [5.74, 6) is 1.38. The number of imidazole rings is 1. The molecule has 0 saturated carbocycles. The van der Waals surface area contributed by atoms with Crippen LogP contribution in [0.4, 0.5) is 0 Å². The van der Waals surface area contributed by atoms with E-state index in [0.29, 0.717) is 5.88 Å².